The molecule has 0 fully saturated rings. The first-order valence-electron chi connectivity index (χ1n) is 10.9. The van der Waals surface area contributed by atoms with Crippen molar-refractivity contribution in [3.05, 3.63) is 70.7 Å². The molecule has 0 atom stereocenters. The first-order valence-corrected chi connectivity index (χ1v) is 13.7. The number of thioether (sulfide) groups is 1. The first kappa shape index (κ1) is 29.7. The fourth-order valence-electron chi connectivity index (χ4n) is 3.41. The molecule has 0 saturated heterocycles. The zero-order valence-electron chi connectivity index (χ0n) is 20.4. The summed E-state index contributed by atoms with van der Waals surface area (Å²) in [4.78, 5) is 8.42. The summed E-state index contributed by atoms with van der Waals surface area (Å²) in [5.41, 5.74) is -1.68. The van der Waals surface area contributed by atoms with E-state index >= 15 is 0 Å². The molecule has 3 aromatic rings. The summed E-state index contributed by atoms with van der Waals surface area (Å²) in [6, 6.07) is 6.35. The third-order valence-electron chi connectivity index (χ3n) is 5.42. The van der Waals surface area contributed by atoms with Crippen molar-refractivity contribution in [2.45, 2.75) is 42.8 Å². The Morgan fingerprint density at radius 3 is 1.89 bits per heavy atom. The molecule has 5 nitrogen and oxygen atoms in total. The predicted octanol–water partition coefficient (Wildman–Crippen LogP) is 7.13. The van der Waals surface area contributed by atoms with Gasteiger partial charge in [0.05, 0.1) is 28.8 Å². The fourth-order valence-corrected chi connectivity index (χ4v) is 4.80. The van der Waals surface area contributed by atoms with E-state index in [0.717, 1.165) is 22.7 Å². The Labute approximate surface area is 219 Å². The van der Waals surface area contributed by atoms with Crippen LogP contribution >= 0.6 is 11.8 Å². The highest BCUT2D eigenvalue weighted by Gasteiger charge is 2.37. The van der Waals surface area contributed by atoms with E-state index in [9.17, 15) is 39.2 Å². The number of aromatic nitrogens is 2. The molecule has 0 aliphatic heterocycles. The Hall–Kier alpha value is -2.87. The van der Waals surface area contributed by atoms with Crippen LogP contribution in [0.2, 0.25) is 0 Å². The lowest BCUT2D eigenvalue weighted by molar-refractivity contribution is -0.143. The van der Waals surface area contributed by atoms with E-state index in [0.29, 0.717) is 40.7 Å². The van der Waals surface area contributed by atoms with E-state index in [2.05, 4.69) is 9.97 Å². The van der Waals surface area contributed by atoms with Crippen LogP contribution in [0.1, 0.15) is 42.1 Å². The molecule has 0 bridgehead atoms. The highest BCUT2D eigenvalue weighted by atomic mass is 32.2. The maximum atomic E-state index is 13.6. The molecule has 0 spiro atoms. The van der Waals surface area contributed by atoms with Crippen molar-refractivity contribution < 1.29 is 39.2 Å². The zero-order valence-corrected chi connectivity index (χ0v) is 22.1. The van der Waals surface area contributed by atoms with Gasteiger partial charge in [0.1, 0.15) is 5.82 Å². The quantitative estimate of drug-likeness (QED) is 0.219. The summed E-state index contributed by atoms with van der Waals surface area (Å²) in [6.07, 6.45) is -9.06. The molecule has 3 rings (SSSR count). The van der Waals surface area contributed by atoms with E-state index in [1.165, 1.54) is 19.2 Å². The molecule has 2 aromatic carbocycles. The van der Waals surface area contributed by atoms with Gasteiger partial charge in [-0.05, 0) is 48.4 Å². The van der Waals surface area contributed by atoms with Gasteiger partial charge in [-0.2, -0.15) is 26.3 Å². The Morgan fingerprint density at radius 2 is 1.45 bits per heavy atom. The molecule has 0 N–H and O–H groups in total. The lowest BCUT2D eigenvalue weighted by Crippen LogP contribution is -2.27. The topological polar surface area (TPSA) is 63.2 Å². The van der Waals surface area contributed by atoms with Crippen LogP contribution in [-0.4, -0.2) is 31.7 Å². The third kappa shape index (κ3) is 6.95. The Balaban J connectivity index is 2.19. The van der Waals surface area contributed by atoms with Gasteiger partial charge >= 0.3 is 12.4 Å². The van der Waals surface area contributed by atoms with Gasteiger partial charge < -0.3 is 0 Å². The summed E-state index contributed by atoms with van der Waals surface area (Å²) < 4.78 is 119. The van der Waals surface area contributed by atoms with E-state index < -0.39 is 39.3 Å². The Morgan fingerprint density at radius 1 is 0.921 bits per heavy atom. The summed E-state index contributed by atoms with van der Waals surface area (Å²) >= 11 is 0.712. The monoisotopic (exact) mass is 581 g/mol. The molecule has 38 heavy (non-hydrogen) atoms. The molecule has 0 unspecified atom stereocenters. The second-order valence-corrected chi connectivity index (χ2v) is 11.7. The Bertz CT molecular complexity index is 1390. The molecule has 206 valence electrons. The smallest absolute Gasteiger partial charge is 0.241 e. The van der Waals surface area contributed by atoms with Gasteiger partial charge in [-0.3, -0.25) is 0 Å². The standard InChI is InChI=1S/C24H22F7N3O2S2/c1-13(2)20-19(12-37-18-10-15(23(26,27)28)9-16(11-18)24(29,30)31)21(14-5-7-17(25)8-6-14)33-22(32-20)34(3)38(4,35)36/h5-11,13H,12H2,1-4H3. The van der Waals surface area contributed by atoms with Crippen molar-refractivity contribution >= 4 is 27.7 Å². The summed E-state index contributed by atoms with van der Waals surface area (Å²) in [6.45, 7) is 3.47. The Kier molecular flexibility index (Phi) is 8.37. The maximum absolute atomic E-state index is 13.6. The first-order chi connectivity index (χ1) is 17.4. The number of anilines is 1. The van der Waals surface area contributed by atoms with Gasteiger partial charge in [-0.15, -0.1) is 11.8 Å². The third-order valence-corrected chi connectivity index (χ3v) is 7.58. The predicted molar refractivity (Wildman–Crippen MR) is 131 cm³/mol. The average molecular weight is 582 g/mol. The van der Waals surface area contributed by atoms with Crippen molar-refractivity contribution in [3.63, 3.8) is 0 Å². The SMILES string of the molecule is CC(C)c1nc(N(C)S(C)(=O)=O)nc(-c2ccc(F)cc2)c1CSc1cc(C(F)(F)F)cc(C(F)(F)F)c1. The highest BCUT2D eigenvalue weighted by molar-refractivity contribution is 7.98. The summed E-state index contributed by atoms with van der Waals surface area (Å²) in [7, 11) is -2.54. The van der Waals surface area contributed by atoms with Gasteiger partial charge in [-0.25, -0.2) is 27.1 Å². The average Bonchev–Trinajstić information content (AvgIpc) is 2.80. The molecule has 14 heteroatoms. The summed E-state index contributed by atoms with van der Waals surface area (Å²) in [5.74, 6) is -1.24. The maximum Gasteiger partial charge on any atom is 0.416 e. The van der Waals surface area contributed by atoms with Crippen LogP contribution in [0.5, 0.6) is 0 Å². The largest absolute Gasteiger partial charge is 0.416 e. The van der Waals surface area contributed by atoms with Crippen LogP contribution in [0.25, 0.3) is 11.3 Å². The molecule has 0 aliphatic rings. The van der Waals surface area contributed by atoms with Crippen molar-refractivity contribution in [2.75, 3.05) is 17.6 Å². The minimum atomic E-state index is -5.00. The second-order valence-electron chi connectivity index (χ2n) is 8.66. The van der Waals surface area contributed by atoms with Gasteiger partial charge in [0, 0.05) is 28.8 Å². The van der Waals surface area contributed by atoms with E-state index in [1.54, 1.807) is 13.8 Å². The number of halogens is 7. The number of rotatable bonds is 7. The number of hydrogen-bond acceptors (Lipinski definition) is 5. The van der Waals surface area contributed by atoms with Crippen LogP contribution in [0.4, 0.5) is 36.7 Å². The number of nitrogens with zero attached hydrogens (tertiary/aromatic N) is 3. The van der Waals surface area contributed by atoms with Crippen molar-refractivity contribution in [2.24, 2.45) is 0 Å². The van der Waals surface area contributed by atoms with Crippen molar-refractivity contribution in [3.8, 4) is 11.3 Å². The molecular formula is C24H22F7N3O2S2. The summed E-state index contributed by atoms with van der Waals surface area (Å²) in [5, 5.41) is 0. The van der Waals surface area contributed by atoms with Crippen LogP contribution in [0.3, 0.4) is 0 Å². The molecule has 0 aliphatic carbocycles. The zero-order chi connectivity index (χ0) is 28.6. The van der Waals surface area contributed by atoms with Gasteiger partial charge in [0.2, 0.25) is 16.0 Å². The number of sulfonamides is 1. The lowest BCUT2D eigenvalue weighted by atomic mass is 9.99. The van der Waals surface area contributed by atoms with Crippen molar-refractivity contribution in [1.29, 1.82) is 0 Å². The number of benzene rings is 2. The number of hydrogen-bond donors (Lipinski definition) is 0. The van der Waals surface area contributed by atoms with Gasteiger partial charge in [0.25, 0.3) is 0 Å². The van der Waals surface area contributed by atoms with Gasteiger partial charge in [-0.1, -0.05) is 13.8 Å². The van der Waals surface area contributed by atoms with Gasteiger partial charge in [0.15, 0.2) is 0 Å². The van der Waals surface area contributed by atoms with Crippen LogP contribution in [-0.2, 0) is 28.1 Å². The lowest BCUT2D eigenvalue weighted by Gasteiger charge is -2.21. The molecule has 0 saturated carbocycles. The van der Waals surface area contributed by atoms with Crippen LogP contribution in [0.15, 0.2) is 47.4 Å². The molecule has 0 amide bonds. The van der Waals surface area contributed by atoms with Crippen molar-refractivity contribution in [1.82, 2.24) is 9.97 Å². The minimum absolute atomic E-state index is 0.0481. The molecule has 0 radical (unpaired) electrons. The molecule has 1 aromatic heterocycles. The van der Waals surface area contributed by atoms with E-state index in [1.807, 2.05) is 0 Å². The van der Waals surface area contributed by atoms with Crippen LogP contribution < -0.4 is 4.31 Å². The van der Waals surface area contributed by atoms with E-state index in [4.69, 9.17) is 0 Å². The normalized spacial score (nSPS) is 12.7. The second kappa shape index (κ2) is 10.7. The molecule has 1 heterocycles. The molecular weight excluding hydrogens is 559 g/mol. The minimum Gasteiger partial charge on any atom is -0.241 e. The fraction of sp³-hybridized carbons (Fsp3) is 0.333. The number of alkyl halides is 6. The highest BCUT2D eigenvalue weighted by Crippen LogP contribution is 2.40. The van der Waals surface area contributed by atoms with E-state index in [-0.39, 0.29) is 34.3 Å². The van der Waals surface area contributed by atoms with Crippen LogP contribution in [0, 0.1) is 5.82 Å².